The van der Waals surface area contributed by atoms with E-state index in [9.17, 15) is 0 Å². The zero-order valence-electron chi connectivity index (χ0n) is 12.5. The summed E-state index contributed by atoms with van der Waals surface area (Å²) in [6, 6.07) is 10.1. The second kappa shape index (κ2) is 5.44. The minimum Gasteiger partial charge on any atom is -0.400 e. The Kier molecular flexibility index (Phi) is 4.03. The highest BCUT2D eigenvalue weighted by molar-refractivity contribution is 6.52. The van der Waals surface area contributed by atoms with E-state index in [1.165, 1.54) is 0 Å². The Hall–Kier alpha value is -1.57. The maximum atomic E-state index is 8.64. The van der Waals surface area contributed by atoms with E-state index in [1.807, 2.05) is 64.0 Å². The van der Waals surface area contributed by atoms with Crippen LogP contribution in [0.4, 0.5) is 0 Å². The maximum absolute atomic E-state index is 8.64. The Balaban J connectivity index is 2.02. The number of hydrogen-bond acceptors (Lipinski definition) is 3. The van der Waals surface area contributed by atoms with Crippen LogP contribution in [-0.4, -0.2) is 18.3 Å². The molecule has 0 amide bonds. The maximum Gasteiger partial charge on any atom is 0.487 e. The van der Waals surface area contributed by atoms with E-state index in [1.54, 1.807) is 0 Å². The molecule has 2 rings (SSSR count). The number of rotatable bonds is 3. The highest BCUT2D eigenvalue weighted by Crippen LogP contribution is 2.36. The molecule has 0 saturated carbocycles. The van der Waals surface area contributed by atoms with Crippen LogP contribution in [0.1, 0.15) is 38.8 Å². The second-order valence-corrected chi connectivity index (χ2v) is 6.06. The van der Waals surface area contributed by atoms with Crippen LogP contribution < -0.4 is 0 Å². The van der Waals surface area contributed by atoms with Gasteiger partial charge in [0.05, 0.1) is 23.7 Å². The highest BCUT2D eigenvalue weighted by atomic mass is 16.7. The lowest BCUT2D eigenvalue weighted by molar-refractivity contribution is 0.00578. The largest absolute Gasteiger partial charge is 0.487 e. The van der Waals surface area contributed by atoms with Crippen LogP contribution in [-0.2, 0) is 15.7 Å². The van der Waals surface area contributed by atoms with Crippen molar-refractivity contribution >= 4 is 13.2 Å². The molecule has 1 aromatic rings. The van der Waals surface area contributed by atoms with Crippen LogP contribution in [0.3, 0.4) is 0 Å². The predicted octanol–water partition coefficient (Wildman–Crippen LogP) is 3.40. The normalized spacial score (nSPS) is 20.2. The first-order valence-electron chi connectivity index (χ1n) is 6.84. The third-order valence-electron chi connectivity index (χ3n) is 3.98. The van der Waals surface area contributed by atoms with Crippen LogP contribution in [0.2, 0.25) is 0 Å². The molecule has 20 heavy (non-hydrogen) atoms. The minimum absolute atomic E-state index is 0.307. The van der Waals surface area contributed by atoms with Crippen molar-refractivity contribution in [2.24, 2.45) is 0 Å². The van der Waals surface area contributed by atoms with E-state index in [-0.39, 0.29) is 18.3 Å². The summed E-state index contributed by atoms with van der Waals surface area (Å²) in [4.78, 5) is 0. The van der Waals surface area contributed by atoms with Gasteiger partial charge in [0.15, 0.2) is 0 Å². The standard InChI is InChI=1S/C16H20BNO2/c1-15(2)16(3,4)20-17(19-15)11-9-13-5-7-14(8-6-13)10-12-18/h5-9,11H,10H2,1-4H3/b11-9+. The predicted molar refractivity (Wildman–Crippen MR) is 80.9 cm³/mol. The molecule has 1 aromatic carbocycles. The summed E-state index contributed by atoms with van der Waals surface area (Å²) in [6.07, 6.45) is 2.43. The fraction of sp³-hybridized carbons (Fsp3) is 0.438. The summed E-state index contributed by atoms with van der Waals surface area (Å²) < 4.78 is 11.8. The van der Waals surface area contributed by atoms with Crippen molar-refractivity contribution in [3.8, 4) is 6.07 Å². The minimum atomic E-state index is -0.321. The quantitative estimate of drug-likeness (QED) is 0.790. The zero-order valence-corrected chi connectivity index (χ0v) is 12.5. The second-order valence-electron chi connectivity index (χ2n) is 6.06. The lowest BCUT2D eigenvalue weighted by Gasteiger charge is -2.32. The van der Waals surface area contributed by atoms with Crippen LogP contribution in [0.15, 0.2) is 30.2 Å². The molecule has 4 heteroatoms. The van der Waals surface area contributed by atoms with Crippen molar-refractivity contribution in [2.45, 2.75) is 45.3 Å². The van der Waals surface area contributed by atoms with Crippen LogP contribution in [0, 0.1) is 11.3 Å². The van der Waals surface area contributed by atoms with Gasteiger partial charge in [0.25, 0.3) is 0 Å². The van der Waals surface area contributed by atoms with E-state index in [0.717, 1.165) is 11.1 Å². The summed E-state index contributed by atoms with van der Waals surface area (Å²) in [5.74, 6) is 1.93. The van der Waals surface area contributed by atoms with Gasteiger partial charge < -0.3 is 9.31 Å². The fourth-order valence-electron chi connectivity index (χ4n) is 1.99. The molecule has 1 aliphatic rings. The number of nitriles is 1. The van der Waals surface area contributed by atoms with Gasteiger partial charge >= 0.3 is 7.12 Å². The molecule has 104 valence electrons. The van der Waals surface area contributed by atoms with Gasteiger partial charge in [-0.2, -0.15) is 5.26 Å². The molecule has 0 atom stereocenters. The van der Waals surface area contributed by atoms with Crippen molar-refractivity contribution in [1.82, 2.24) is 0 Å². The first kappa shape index (κ1) is 14.8. The molecule has 0 unspecified atom stereocenters. The third kappa shape index (κ3) is 3.12. The van der Waals surface area contributed by atoms with Crippen LogP contribution in [0.5, 0.6) is 0 Å². The Morgan fingerprint density at radius 1 is 1.10 bits per heavy atom. The molecule has 1 fully saturated rings. The monoisotopic (exact) mass is 269 g/mol. The van der Waals surface area contributed by atoms with E-state index in [2.05, 4.69) is 6.07 Å². The summed E-state index contributed by atoms with van der Waals surface area (Å²) in [5.41, 5.74) is 1.49. The van der Waals surface area contributed by atoms with Gasteiger partial charge in [0, 0.05) is 0 Å². The van der Waals surface area contributed by atoms with Crippen molar-refractivity contribution < 1.29 is 9.31 Å². The topological polar surface area (TPSA) is 42.2 Å². The van der Waals surface area contributed by atoms with Crippen molar-refractivity contribution in [3.63, 3.8) is 0 Å². The van der Waals surface area contributed by atoms with E-state index < -0.39 is 0 Å². The average Bonchev–Trinajstić information content (AvgIpc) is 2.57. The van der Waals surface area contributed by atoms with Crippen molar-refractivity contribution in [3.05, 3.63) is 41.4 Å². The van der Waals surface area contributed by atoms with E-state index in [0.29, 0.717) is 6.42 Å². The lowest BCUT2D eigenvalue weighted by atomic mass is 9.89. The smallest absolute Gasteiger partial charge is 0.400 e. The third-order valence-corrected chi connectivity index (χ3v) is 3.98. The van der Waals surface area contributed by atoms with Gasteiger partial charge in [-0.25, -0.2) is 0 Å². The number of benzene rings is 1. The molecule has 0 bridgehead atoms. The van der Waals surface area contributed by atoms with Crippen LogP contribution >= 0.6 is 0 Å². The van der Waals surface area contributed by atoms with Gasteiger partial charge in [-0.1, -0.05) is 36.3 Å². The number of hydrogen-bond donors (Lipinski definition) is 0. The molecule has 1 heterocycles. The Labute approximate surface area is 121 Å². The fourth-order valence-corrected chi connectivity index (χ4v) is 1.99. The summed E-state index contributed by atoms with van der Waals surface area (Å²) in [6.45, 7) is 8.16. The van der Waals surface area contributed by atoms with E-state index in [4.69, 9.17) is 14.6 Å². The first-order valence-corrected chi connectivity index (χ1v) is 6.84. The molecule has 1 saturated heterocycles. The molecule has 0 N–H and O–H groups in total. The zero-order chi connectivity index (χ0) is 14.8. The molecule has 1 aliphatic heterocycles. The van der Waals surface area contributed by atoms with Gasteiger partial charge in [-0.05, 0) is 38.8 Å². The van der Waals surface area contributed by atoms with Gasteiger partial charge in [0.2, 0.25) is 0 Å². The number of nitrogens with zero attached hydrogens (tertiary/aromatic N) is 1. The molecule has 0 aliphatic carbocycles. The molecule has 3 nitrogen and oxygen atoms in total. The highest BCUT2D eigenvalue weighted by Gasteiger charge is 2.49. The van der Waals surface area contributed by atoms with Crippen molar-refractivity contribution in [1.29, 1.82) is 5.26 Å². The molecule has 0 aromatic heterocycles. The average molecular weight is 269 g/mol. The van der Waals surface area contributed by atoms with Gasteiger partial charge in [0.1, 0.15) is 0 Å². The summed E-state index contributed by atoms with van der Waals surface area (Å²) >= 11 is 0. The molecule has 0 radical (unpaired) electrons. The van der Waals surface area contributed by atoms with Crippen LogP contribution in [0.25, 0.3) is 6.08 Å². The first-order chi connectivity index (χ1) is 9.34. The molecule has 0 spiro atoms. The van der Waals surface area contributed by atoms with Gasteiger partial charge in [-0.3, -0.25) is 0 Å². The summed E-state index contributed by atoms with van der Waals surface area (Å²) in [7, 11) is -0.321. The van der Waals surface area contributed by atoms with E-state index >= 15 is 0 Å². The lowest BCUT2D eigenvalue weighted by Crippen LogP contribution is -2.41. The SMILES string of the molecule is CC1(C)OB(/C=C/c2ccc(CC#N)cc2)OC1(C)C. The molecular formula is C16H20BNO2. The Bertz CT molecular complexity index is 525. The van der Waals surface area contributed by atoms with Crippen molar-refractivity contribution in [2.75, 3.05) is 0 Å². The Morgan fingerprint density at radius 2 is 1.65 bits per heavy atom. The molecular weight excluding hydrogens is 249 g/mol. The summed E-state index contributed by atoms with van der Waals surface area (Å²) in [5, 5.41) is 8.64. The Morgan fingerprint density at radius 3 is 2.15 bits per heavy atom. The van der Waals surface area contributed by atoms with Gasteiger partial charge in [-0.15, -0.1) is 0 Å².